The lowest BCUT2D eigenvalue weighted by molar-refractivity contribution is -0.192. The standard InChI is InChI=1S/C39H49NO7/c1-39(2,3)47-38(43)40(27-35(30-12-6-4-7-13-30)46-36-16-10-11-25-44-36)24-23-28-17-19-29(20-18-28)31-21-22-33(37(41)42)34(26-31)45-32-14-8-5-9-15-32/h4,6-7,12-13,17-22,26,32,35-36H,5,8-11,14-16,23-25,27H2,1-3H3,(H,41,42)/t35-,36?/m1/s1. The zero-order valence-electron chi connectivity index (χ0n) is 28.0. The Kier molecular flexibility index (Phi) is 11.9. The third-order valence-electron chi connectivity index (χ3n) is 8.68. The molecule has 5 rings (SSSR count). The molecular weight excluding hydrogens is 594 g/mol. The molecule has 0 spiro atoms. The van der Waals surface area contributed by atoms with Crippen molar-refractivity contribution in [3.63, 3.8) is 0 Å². The number of aromatic carboxylic acids is 1. The predicted molar refractivity (Wildman–Crippen MR) is 182 cm³/mol. The SMILES string of the molecule is CC(C)(C)OC(=O)N(CCc1ccc(-c2ccc(C(=O)O)c(OC3CCCCC3)c2)cc1)C[C@@H](OC1CCCCO1)c1ccccc1. The maximum absolute atomic E-state index is 13.5. The van der Waals surface area contributed by atoms with Crippen LogP contribution in [0.4, 0.5) is 4.79 Å². The molecule has 2 aliphatic rings. The van der Waals surface area contributed by atoms with E-state index >= 15 is 0 Å². The van der Waals surface area contributed by atoms with E-state index in [1.54, 1.807) is 11.0 Å². The van der Waals surface area contributed by atoms with Crippen LogP contribution in [-0.2, 0) is 20.6 Å². The van der Waals surface area contributed by atoms with Crippen LogP contribution < -0.4 is 4.74 Å². The molecule has 1 heterocycles. The minimum atomic E-state index is -0.988. The number of carbonyl (C=O) groups is 2. The fraction of sp³-hybridized carbons (Fsp3) is 0.487. The first-order chi connectivity index (χ1) is 22.6. The van der Waals surface area contributed by atoms with Gasteiger partial charge in [0.05, 0.1) is 12.6 Å². The number of carbonyl (C=O) groups excluding carboxylic acids is 1. The first-order valence-corrected chi connectivity index (χ1v) is 17.1. The Morgan fingerprint density at radius 3 is 2.26 bits per heavy atom. The highest BCUT2D eigenvalue weighted by Gasteiger charge is 2.28. The lowest BCUT2D eigenvalue weighted by Crippen LogP contribution is -2.41. The van der Waals surface area contributed by atoms with Gasteiger partial charge in [0, 0.05) is 13.2 Å². The van der Waals surface area contributed by atoms with Gasteiger partial charge in [-0.2, -0.15) is 0 Å². The van der Waals surface area contributed by atoms with Gasteiger partial charge in [0.1, 0.15) is 23.0 Å². The van der Waals surface area contributed by atoms with Crippen LogP contribution >= 0.6 is 0 Å². The lowest BCUT2D eigenvalue weighted by Gasteiger charge is -2.33. The number of hydrogen-bond donors (Lipinski definition) is 1. The molecule has 1 aliphatic carbocycles. The molecule has 1 aliphatic heterocycles. The molecule has 3 aromatic rings. The van der Waals surface area contributed by atoms with Gasteiger partial charge in [0.15, 0.2) is 6.29 Å². The van der Waals surface area contributed by atoms with Crippen molar-refractivity contribution in [1.82, 2.24) is 4.90 Å². The monoisotopic (exact) mass is 643 g/mol. The summed E-state index contributed by atoms with van der Waals surface area (Å²) >= 11 is 0. The number of carboxylic acid groups (broad SMARTS) is 1. The molecular formula is C39H49NO7. The highest BCUT2D eigenvalue weighted by Crippen LogP contribution is 2.32. The first-order valence-electron chi connectivity index (χ1n) is 17.1. The Bertz CT molecular complexity index is 1440. The zero-order valence-corrected chi connectivity index (χ0v) is 28.0. The molecule has 0 bridgehead atoms. The van der Waals surface area contributed by atoms with E-state index in [0.29, 0.717) is 31.9 Å². The van der Waals surface area contributed by atoms with Gasteiger partial charge in [-0.3, -0.25) is 0 Å². The summed E-state index contributed by atoms with van der Waals surface area (Å²) < 4.78 is 24.4. The molecule has 47 heavy (non-hydrogen) atoms. The smallest absolute Gasteiger partial charge is 0.410 e. The van der Waals surface area contributed by atoms with E-state index in [1.165, 1.54) is 6.42 Å². The average Bonchev–Trinajstić information content (AvgIpc) is 3.07. The second kappa shape index (κ2) is 16.3. The van der Waals surface area contributed by atoms with E-state index in [0.717, 1.165) is 67.2 Å². The van der Waals surface area contributed by atoms with Crippen molar-refractivity contribution in [3.8, 4) is 16.9 Å². The van der Waals surface area contributed by atoms with Gasteiger partial charge in [0.25, 0.3) is 0 Å². The summed E-state index contributed by atoms with van der Waals surface area (Å²) in [5, 5.41) is 9.77. The van der Waals surface area contributed by atoms with Crippen LogP contribution in [0, 0.1) is 0 Å². The highest BCUT2D eigenvalue weighted by atomic mass is 16.7. The molecule has 0 radical (unpaired) electrons. The van der Waals surface area contributed by atoms with Gasteiger partial charge in [0.2, 0.25) is 0 Å². The number of ether oxygens (including phenoxy) is 4. The van der Waals surface area contributed by atoms with Crippen molar-refractivity contribution in [2.24, 2.45) is 0 Å². The highest BCUT2D eigenvalue weighted by molar-refractivity contribution is 5.92. The molecule has 1 N–H and O–H groups in total. The van der Waals surface area contributed by atoms with Crippen LogP contribution in [0.1, 0.15) is 99.7 Å². The van der Waals surface area contributed by atoms with E-state index in [1.807, 2.05) is 75.4 Å². The summed E-state index contributed by atoms with van der Waals surface area (Å²) in [6.45, 7) is 7.07. The van der Waals surface area contributed by atoms with Gasteiger partial charge in [-0.15, -0.1) is 0 Å². The molecule has 1 unspecified atom stereocenters. The molecule has 8 nitrogen and oxygen atoms in total. The van der Waals surface area contributed by atoms with Crippen molar-refractivity contribution in [3.05, 3.63) is 89.5 Å². The topological polar surface area (TPSA) is 94.5 Å². The van der Waals surface area contributed by atoms with Gasteiger partial charge in [-0.1, -0.05) is 67.1 Å². The number of rotatable bonds is 12. The lowest BCUT2D eigenvalue weighted by atomic mass is 9.97. The Morgan fingerprint density at radius 1 is 0.894 bits per heavy atom. The van der Waals surface area contributed by atoms with Gasteiger partial charge in [-0.05, 0) is 107 Å². The van der Waals surface area contributed by atoms with Gasteiger partial charge >= 0.3 is 12.1 Å². The van der Waals surface area contributed by atoms with Gasteiger partial charge in [-0.25, -0.2) is 9.59 Å². The molecule has 1 saturated carbocycles. The Balaban J connectivity index is 1.30. The number of amides is 1. The van der Waals surface area contributed by atoms with Crippen LogP contribution in [0.25, 0.3) is 11.1 Å². The van der Waals surface area contributed by atoms with Crippen molar-refractivity contribution in [2.75, 3.05) is 19.7 Å². The average molecular weight is 644 g/mol. The Hall–Kier alpha value is -3.88. The summed E-state index contributed by atoms with van der Waals surface area (Å²) in [6.07, 6.45) is 7.83. The van der Waals surface area contributed by atoms with E-state index in [4.69, 9.17) is 18.9 Å². The van der Waals surface area contributed by atoms with Crippen LogP contribution in [0.2, 0.25) is 0 Å². The molecule has 2 atom stereocenters. The van der Waals surface area contributed by atoms with Crippen molar-refractivity contribution >= 4 is 12.1 Å². The summed E-state index contributed by atoms with van der Waals surface area (Å²) in [5.74, 6) is -0.564. The summed E-state index contributed by atoms with van der Waals surface area (Å²) in [6, 6.07) is 23.4. The van der Waals surface area contributed by atoms with Crippen LogP contribution in [0.5, 0.6) is 5.75 Å². The Labute approximate surface area is 279 Å². The van der Waals surface area contributed by atoms with Crippen LogP contribution in [0.3, 0.4) is 0 Å². The largest absolute Gasteiger partial charge is 0.490 e. The first kappa shape index (κ1) is 34.5. The molecule has 252 valence electrons. The normalized spacial score (nSPS) is 17.9. The van der Waals surface area contributed by atoms with Crippen LogP contribution in [0.15, 0.2) is 72.8 Å². The third-order valence-corrected chi connectivity index (χ3v) is 8.68. The quantitative estimate of drug-likeness (QED) is 0.211. The van der Waals surface area contributed by atoms with E-state index in [9.17, 15) is 14.7 Å². The second-order valence-corrected chi connectivity index (χ2v) is 13.6. The predicted octanol–water partition coefficient (Wildman–Crippen LogP) is 8.83. The molecule has 3 aromatic carbocycles. The van der Waals surface area contributed by atoms with E-state index < -0.39 is 11.6 Å². The molecule has 0 aromatic heterocycles. The molecule has 1 saturated heterocycles. The Morgan fingerprint density at radius 2 is 1.60 bits per heavy atom. The zero-order chi connectivity index (χ0) is 33.2. The van der Waals surface area contributed by atoms with E-state index in [2.05, 4.69) is 12.1 Å². The molecule has 8 heteroatoms. The minimum Gasteiger partial charge on any atom is -0.490 e. The minimum absolute atomic E-state index is 0.0504. The van der Waals surface area contributed by atoms with Crippen LogP contribution in [-0.4, -0.2) is 59.8 Å². The van der Waals surface area contributed by atoms with E-state index in [-0.39, 0.29) is 30.2 Å². The number of nitrogens with zero attached hydrogens (tertiary/aromatic N) is 1. The fourth-order valence-corrected chi connectivity index (χ4v) is 6.15. The molecule has 1 amide bonds. The maximum atomic E-state index is 13.5. The van der Waals surface area contributed by atoms with Crippen molar-refractivity contribution in [2.45, 2.75) is 103 Å². The number of carboxylic acids is 1. The summed E-state index contributed by atoms with van der Waals surface area (Å²) in [5.41, 5.74) is 3.47. The molecule has 2 fully saturated rings. The summed E-state index contributed by atoms with van der Waals surface area (Å²) in [4.78, 5) is 27.2. The van der Waals surface area contributed by atoms with Crippen molar-refractivity contribution < 1.29 is 33.6 Å². The summed E-state index contributed by atoms with van der Waals surface area (Å²) in [7, 11) is 0. The van der Waals surface area contributed by atoms with Crippen molar-refractivity contribution in [1.29, 1.82) is 0 Å². The third kappa shape index (κ3) is 10.3. The second-order valence-electron chi connectivity index (χ2n) is 13.6. The number of benzene rings is 3. The van der Waals surface area contributed by atoms with Gasteiger partial charge < -0.3 is 29.0 Å². The fourth-order valence-electron chi connectivity index (χ4n) is 6.15. The number of hydrogen-bond acceptors (Lipinski definition) is 6. The maximum Gasteiger partial charge on any atom is 0.410 e.